The molecular weight excluding hydrogens is 304 g/mol. The van der Waals surface area contributed by atoms with E-state index >= 15 is 0 Å². The lowest BCUT2D eigenvalue weighted by molar-refractivity contribution is 0.0614. The molecule has 24 heavy (non-hydrogen) atoms. The average Bonchev–Trinajstić information content (AvgIpc) is 2.51. The quantitative estimate of drug-likeness (QED) is 0.888. The number of benzene rings is 1. The molecule has 0 aliphatic heterocycles. The molecule has 1 saturated carbocycles. The molecule has 1 fully saturated rings. The molecule has 1 aromatic carbocycles. The zero-order chi connectivity index (χ0) is 17.8. The average molecular weight is 332 g/mol. The smallest absolute Gasteiger partial charge is 0.406 e. The van der Waals surface area contributed by atoms with Crippen LogP contribution >= 0.6 is 0 Å². The van der Waals surface area contributed by atoms with Crippen LogP contribution < -0.4 is 10.6 Å². The fourth-order valence-electron chi connectivity index (χ4n) is 4.09. The lowest BCUT2D eigenvalue weighted by Crippen LogP contribution is -2.50. The number of amides is 2. The summed E-state index contributed by atoms with van der Waals surface area (Å²) in [5, 5.41) is 5.98. The van der Waals surface area contributed by atoms with Crippen molar-refractivity contribution < 1.29 is 14.3 Å². The largest absolute Gasteiger partial charge is 0.453 e. The molecule has 5 heteroatoms. The molecule has 2 amide bonds. The molecule has 1 aromatic rings. The fraction of sp³-hybridized carbons (Fsp3) is 0.579. The number of hydrogen-bond acceptors (Lipinski definition) is 3. The van der Waals surface area contributed by atoms with E-state index in [0.29, 0.717) is 12.1 Å². The second-order valence-corrected chi connectivity index (χ2v) is 7.94. The van der Waals surface area contributed by atoms with Gasteiger partial charge in [0.1, 0.15) is 0 Å². The van der Waals surface area contributed by atoms with Crippen molar-refractivity contribution in [3.63, 3.8) is 0 Å². The number of carbonyl (C=O) groups excluding carboxylic acids is 2. The van der Waals surface area contributed by atoms with Gasteiger partial charge in [-0.25, -0.2) is 4.79 Å². The number of carbonyl (C=O) groups is 2. The predicted molar refractivity (Wildman–Crippen MR) is 93.8 cm³/mol. The lowest BCUT2D eigenvalue weighted by Gasteiger charge is -2.46. The Labute approximate surface area is 144 Å². The molecule has 2 atom stereocenters. The van der Waals surface area contributed by atoms with E-state index in [2.05, 4.69) is 36.1 Å². The van der Waals surface area contributed by atoms with E-state index in [4.69, 9.17) is 0 Å². The van der Waals surface area contributed by atoms with E-state index in [0.717, 1.165) is 19.3 Å². The van der Waals surface area contributed by atoms with Crippen LogP contribution in [0.2, 0.25) is 0 Å². The monoisotopic (exact) mass is 332 g/mol. The molecule has 2 N–H and O–H groups in total. The topological polar surface area (TPSA) is 67.4 Å². The number of hydrogen-bond donors (Lipinski definition) is 2. The first-order chi connectivity index (χ1) is 11.2. The summed E-state index contributed by atoms with van der Waals surface area (Å²) in [5.74, 6) is -0.0402. The maximum Gasteiger partial charge on any atom is 0.406 e. The number of nitrogens with one attached hydrogen (secondary N) is 2. The van der Waals surface area contributed by atoms with E-state index in [-0.39, 0.29) is 22.8 Å². The molecule has 0 aromatic heterocycles. The third-order valence-electron chi connectivity index (χ3n) is 4.66. The van der Waals surface area contributed by atoms with E-state index in [1.54, 1.807) is 0 Å². The van der Waals surface area contributed by atoms with Gasteiger partial charge in [-0.1, -0.05) is 39.0 Å². The highest BCUT2D eigenvalue weighted by Crippen LogP contribution is 2.45. The van der Waals surface area contributed by atoms with Crippen LogP contribution in [0.4, 0.5) is 4.79 Å². The van der Waals surface area contributed by atoms with Crippen molar-refractivity contribution in [2.45, 2.75) is 46.1 Å². The molecule has 5 nitrogen and oxygen atoms in total. The molecule has 0 radical (unpaired) electrons. The Kier molecular flexibility index (Phi) is 5.52. The van der Waals surface area contributed by atoms with Crippen molar-refractivity contribution in [1.29, 1.82) is 0 Å². The van der Waals surface area contributed by atoms with Crippen LogP contribution in [0.5, 0.6) is 0 Å². The molecule has 1 aliphatic rings. The van der Waals surface area contributed by atoms with Gasteiger partial charge in [-0.05, 0) is 42.2 Å². The second kappa shape index (κ2) is 7.24. The van der Waals surface area contributed by atoms with Gasteiger partial charge in [-0.15, -0.1) is 0 Å². The number of alkyl carbamates (subject to hydrolysis) is 1. The molecule has 0 spiro atoms. The first-order valence-electron chi connectivity index (χ1n) is 8.41. The van der Waals surface area contributed by atoms with Crippen LogP contribution in [0.3, 0.4) is 0 Å². The van der Waals surface area contributed by atoms with E-state index in [1.807, 2.05) is 30.3 Å². The Morgan fingerprint density at radius 2 is 1.83 bits per heavy atom. The summed E-state index contributed by atoms with van der Waals surface area (Å²) in [7, 11) is 1.37. The van der Waals surface area contributed by atoms with Crippen molar-refractivity contribution in [3.8, 4) is 0 Å². The molecule has 0 heterocycles. The third-order valence-corrected chi connectivity index (χ3v) is 4.66. The lowest BCUT2D eigenvalue weighted by atomic mass is 9.62. The number of ether oxygens (including phenoxy) is 1. The highest BCUT2D eigenvalue weighted by atomic mass is 16.5. The minimum atomic E-state index is -0.413. The third kappa shape index (κ3) is 4.98. The normalized spacial score (nSPS) is 25.6. The van der Waals surface area contributed by atoms with E-state index in [9.17, 15) is 9.59 Å². The van der Waals surface area contributed by atoms with Crippen LogP contribution in [-0.2, 0) is 4.74 Å². The molecule has 1 aliphatic carbocycles. The zero-order valence-electron chi connectivity index (χ0n) is 15.0. The highest BCUT2D eigenvalue weighted by molar-refractivity contribution is 5.94. The summed E-state index contributed by atoms with van der Waals surface area (Å²) in [6.45, 7) is 7.13. The summed E-state index contributed by atoms with van der Waals surface area (Å²) >= 11 is 0. The van der Waals surface area contributed by atoms with Crippen molar-refractivity contribution in [2.75, 3.05) is 13.7 Å². The van der Waals surface area contributed by atoms with Gasteiger partial charge in [0.05, 0.1) is 7.11 Å². The van der Waals surface area contributed by atoms with Gasteiger partial charge in [0.15, 0.2) is 0 Å². The summed E-state index contributed by atoms with van der Waals surface area (Å²) in [6, 6.07) is 9.36. The summed E-state index contributed by atoms with van der Waals surface area (Å²) in [6.07, 6.45) is 2.34. The highest BCUT2D eigenvalue weighted by Gasteiger charge is 2.41. The molecule has 2 unspecified atom stereocenters. The minimum Gasteiger partial charge on any atom is -0.453 e. The maximum atomic E-state index is 12.4. The SMILES string of the molecule is COC(=O)NCC1(C)CC(NC(=O)c2ccccc2)CC(C)(C)C1. The summed E-state index contributed by atoms with van der Waals surface area (Å²) < 4.78 is 4.67. The van der Waals surface area contributed by atoms with Crippen molar-refractivity contribution >= 4 is 12.0 Å². The minimum absolute atomic E-state index is 0.0402. The standard InChI is InChI=1S/C19H28N2O3/c1-18(2)10-15(21-16(22)14-8-6-5-7-9-14)11-19(3,12-18)13-20-17(23)24-4/h5-9,15H,10-13H2,1-4H3,(H,20,23)(H,21,22). The van der Waals surface area contributed by atoms with Crippen molar-refractivity contribution in [2.24, 2.45) is 10.8 Å². The first kappa shape index (κ1) is 18.3. The van der Waals surface area contributed by atoms with Crippen molar-refractivity contribution in [3.05, 3.63) is 35.9 Å². The van der Waals surface area contributed by atoms with Crippen LogP contribution in [0.25, 0.3) is 0 Å². The van der Waals surface area contributed by atoms with E-state index < -0.39 is 6.09 Å². The number of methoxy groups -OCH3 is 1. The van der Waals surface area contributed by atoms with E-state index in [1.165, 1.54) is 7.11 Å². The van der Waals surface area contributed by atoms with Gasteiger partial charge < -0.3 is 15.4 Å². The molecule has 0 bridgehead atoms. The van der Waals surface area contributed by atoms with Crippen LogP contribution in [-0.4, -0.2) is 31.7 Å². The van der Waals surface area contributed by atoms with Gasteiger partial charge in [-0.2, -0.15) is 0 Å². The number of rotatable bonds is 4. The second-order valence-electron chi connectivity index (χ2n) is 7.94. The fourth-order valence-corrected chi connectivity index (χ4v) is 4.09. The van der Waals surface area contributed by atoms with Crippen molar-refractivity contribution in [1.82, 2.24) is 10.6 Å². The Balaban J connectivity index is 2.04. The van der Waals surface area contributed by atoms with Gasteiger partial charge >= 0.3 is 6.09 Å². The van der Waals surface area contributed by atoms with Gasteiger partial charge in [0, 0.05) is 18.2 Å². The predicted octanol–water partition coefficient (Wildman–Crippen LogP) is 3.36. The Hall–Kier alpha value is -2.04. The summed E-state index contributed by atoms with van der Waals surface area (Å²) in [5.41, 5.74) is 0.694. The van der Waals surface area contributed by atoms with Gasteiger partial charge in [0.2, 0.25) is 0 Å². The zero-order valence-corrected chi connectivity index (χ0v) is 15.0. The van der Waals surface area contributed by atoms with Gasteiger partial charge in [0.25, 0.3) is 5.91 Å². The Bertz CT molecular complexity index is 586. The van der Waals surface area contributed by atoms with Gasteiger partial charge in [-0.3, -0.25) is 4.79 Å². The Morgan fingerprint density at radius 3 is 2.46 bits per heavy atom. The molecule has 0 saturated heterocycles. The molecule has 2 rings (SSSR count). The van der Waals surface area contributed by atoms with Crippen LogP contribution in [0.1, 0.15) is 50.4 Å². The molecular formula is C19H28N2O3. The summed E-state index contributed by atoms with van der Waals surface area (Å²) in [4.78, 5) is 23.8. The maximum absolute atomic E-state index is 12.4. The molecule has 132 valence electrons. The van der Waals surface area contributed by atoms with Crippen LogP contribution in [0.15, 0.2) is 30.3 Å². The first-order valence-corrected chi connectivity index (χ1v) is 8.41. The Morgan fingerprint density at radius 1 is 1.17 bits per heavy atom. The van der Waals surface area contributed by atoms with Crippen LogP contribution in [0, 0.1) is 10.8 Å².